The molecule has 1 saturated heterocycles. The monoisotopic (exact) mass is 355 g/mol. The van der Waals surface area contributed by atoms with Gasteiger partial charge in [0.1, 0.15) is 11.3 Å². The Morgan fingerprint density at radius 2 is 1.81 bits per heavy atom. The van der Waals surface area contributed by atoms with Gasteiger partial charge in [0.25, 0.3) is 5.91 Å². The van der Waals surface area contributed by atoms with Crippen LogP contribution in [-0.2, 0) is 11.3 Å². The molecule has 6 nitrogen and oxygen atoms in total. The van der Waals surface area contributed by atoms with Crippen molar-refractivity contribution in [2.45, 2.75) is 39.0 Å². The van der Waals surface area contributed by atoms with Crippen LogP contribution in [-0.4, -0.2) is 46.2 Å². The number of hydrogen-bond acceptors (Lipinski definition) is 3. The molecule has 0 spiro atoms. The lowest BCUT2D eigenvalue weighted by Crippen LogP contribution is -2.61. The van der Waals surface area contributed by atoms with E-state index in [1.54, 1.807) is 4.90 Å². The van der Waals surface area contributed by atoms with Gasteiger partial charge in [-0.05, 0) is 38.5 Å². The molecule has 6 heteroatoms. The van der Waals surface area contributed by atoms with Crippen LogP contribution in [0.4, 0.5) is 4.79 Å². The van der Waals surface area contributed by atoms with E-state index in [4.69, 9.17) is 4.74 Å². The lowest BCUT2D eigenvalue weighted by molar-refractivity contribution is 0.00529. The number of carbonyl (C=O) groups excluding carboxylic acids is 2. The largest absolute Gasteiger partial charge is 0.444 e. The van der Waals surface area contributed by atoms with Crippen LogP contribution in [0, 0.1) is 0 Å². The maximum atomic E-state index is 12.6. The van der Waals surface area contributed by atoms with Crippen molar-refractivity contribution in [1.82, 2.24) is 14.8 Å². The summed E-state index contributed by atoms with van der Waals surface area (Å²) in [5.74, 6) is -0.125. The minimum Gasteiger partial charge on any atom is -0.444 e. The second-order valence-electron chi connectivity index (χ2n) is 7.56. The smallest absolute Gasteiger partial charge is 0.410 e. The number of ether oxygens (including phenoxy) is 1. The Kier molecular flexibility index (Phi) is 5.02. The molecule has 0 saturated carbocycles. The molecule has 1 fully saturated rings. The molecular formula is C20H25N3O3. The van der Waals surface area contributed by atoms with Crippen molar-refractivity contribution < 1.29 is 14.3 Å². The van der Waals surface area contributed by atoms with E-state index in [2.05, 4.69) is 5.32 Å². The number of aromatic nitrogens is 1. The van der Waals surface area contributed by atoms with Crippen molar-refractivity contribution in [1.29, 1.82) is 0 Å². The maximum Gasteiger partial charge on any atom is 0.410 e. The zero-order valence-corrected chi connectivity index (χ0v) is 15.4. The molecule has 2 aromatic rings. The van der Waals surface area contributed by atoms with E-state index in [1.807, 2.05) is 74.0 Å². The summed E-state index contributed by atoms with van der Waals surface area (Å²) >= 11 is 0. The molecule has 0 aliphatic carbocycles. The summed E-state index contributed by atoms with van der Waals surface area (Å²) in [6.45, 7) is 7.10. The Bertz CT molecular complexity index is 771. The highest BCUT2D eigenvalue weighted by molar-refractivity contribution is 5.93. The molecule has 3 rings (SSSR count). The van der Waals surface area contributed by atoms with E-state index >= 15 is 0 Å². The van der Waals surface area contributed by atoms with Crippen LogP contribution < -0.4 is 5.32 Å². The number of benzene rings is 1. The number of nitrogens with zero attached hydrogens (tertiary/aromatic N) is 2. The van der Waals surface area contributed by atoms with Gasteiger partial charge < -0.3 is 19.5 Å². The highest BCUT2D eigenvalue weighted by Gasteiger charge is 2.34. The summed E-state index contributed by atoms with van der Waals surface area (Å²) < 4.78 is 7.25. The minimum absolute atomic E-state index is 0.0462. The van der Waals surface area contributed by atoms with E-state index < -0.39 is 5.60 Å². The molecule has 2 heterocycles. The summed E-state index contributed by atoms with van der Waals surface area (Å²) in [6, 6.07) is 13.6. The first-order valence-corrected chi connectivity index (χ1v) is 8.80. The number of nitrogens with one attached hydrogen (secondary N) is 1. The Balaban J connectivity index is 1.53. The van der Waals surface area contributed by atoms with Crippen LogP contribution in [0.2, 0.25) is 0 Å². The molecule has 1 aromatic heterocycles. The van der Waals surface area contributed by atoms with E-state index in [-0.39, 0.29) is 18.0 Å². The first-order valence-electron chi connectivity index (χ1n) is 8.80. The fourth-order valence-corrected chi connectivity index (χ4v) is 2.84. The van der Waals surface area contributed by atoms with E-state index in [9.17, 15) is 9.59 Å². The maximum absolute atomic E-state index is 12.6. The third-order valence-electron chi connectivity index (χ3n) is 4.13. The van der Waals surface area contributed by atoms with Crippen LogP contribution in [0.25, 0.3) is 0 Å². The average Bonchev–Trinajstić information content (AvgIpc) is 2.97. The van der Waals surface area contributed by atoms with Gasteiger partial charge in [0, 0.05) is 25.8 Å². The Morgan fingerprint density at radius 3 is 2.46 bits per heavy atom. The molecule has 2 amide bonds. The fraction of sp³-hybridized carbons (Fsp3) is 0.400. The molecule has 1 aliphatic heterocycles. The van der Waals surface area contributed by atoms with Gasteiger partial charge in [-0.25, -0.2) is 4.79 Å². The summed E-state index contributed by atoms with van der Waals surface area (Å²) in [7, 11) is 0. The zero-order valence-electron chi connectivity index (χ0n) is 15.4. The number of carbonyl (C=O) groups is 2. The third kappa shape index (κ3) is 4.45. The van der Waals surface area contributed by atoms with Crippen molar-refractivity contribution in [2.24, 2.45) is 0 Å². The van der Waals surface area contributed by atoms with Gasteiger partial charge in [-0.15, -0.1) is 0 Å². The molecular weight excluding hydrogens is 330 g/mol. The Morgan fingerprint density at radius 1 is 1.12 bits per heavy atom. The first kappa shape index (κ1) is 18.0. The standard InChI is InChI=1S/C20H25N3O3/c1-20(2,3)26-19(25)23-13-16(14-23)21-18(24)17-10-7-11-22(17)12-15-8-5-4-6-9-15/h4-11,16H,12-14H2,1-3H3,(H,21,24). The van der Waals surface area contributed by atoms with Crippen LogP contribution >= 0.6 is 0 Å². The van der Waals surface area contributed by atoms with Crippen molar-refractivity contribution in [2.75, 3.05) is 13.1 Å². The average molecular weight is 355 g/mol. The molecule has 0 bridgehead atoms. The molecule has 0 radical (unpaired) electrons. The number of rotatable bonds is 4. The number of likely N-dealkylation sites (tertiary alicyclic amines) is 1. The van der Waals surface area contributed by atoms with Gasteiger partial charge in [0.15, 0.2) is 0 Å². The summed E-state index contributed by atoms with van der Waals surface area (Å²) in [4.78, 5) is 26.1. The zero-order chi connectivity index (χ0) is 18.7. The minimum atomic E-state index is -0.510. The molecule has 1 aliphatic rings. The third-order valence-corrected chi connectivity index (χ3v) is 4.13. The molecule has 26 heavy (non-hydrogen) atoms. The fourth-order valence-electron chi connectivity index (χ4n) is 2.84. The summed E-state index contributed by atoms with van der Waals surface area (Å²) in [5.41, 5.74) is 1.24. The molecule has 0 atom stereocenters. The normalized spacial score (nSPS) is 14.7. The number of amides is 2. The van der Waals surface area contributed by atoms with Gasteiger partial charge in [0.2, 0.25) is 0 Å². The molecule has 1 aromatic carbocycles. The highest BCUT2D eigenvalue weighted by atomic mass is 16.6. The quantitative estimate of drug-likeness (QED) is 0.917. The van der Waals surface area contributed by atoms with Gasteiger partial charge in [-0.3, -0.25) is 4.79 Å². The Hall–Kier alpha value is -2.76. The van der Waals surface area contributed by atoms with Crippen LogP contribution in [0.3, 0.4) is 0 Å². The molecule has 138 valence electrons. The van der Waals surface area contributed by atoms with E-state index in [1.165, 1.54) is 0 Å². The Labute approximate surface area is 153 Å². The van der Waals surface area contributed by atoms with Gasteiger partial charge in [-0.2, -0.15) is 0 Å². The number of hydrogen-bond donors (Lipinski definition) is 1. The van der Waals surface area contributed by atoms with E-state index in [0.717, 1.165) is 5.56 Å². The summed E-state index contributed by atoms with van der Waals surface area (Å²) in [5, 5.41) is 2.98. The second kappa shape index (κ2) is 7.23. The molecule has 1 N–H and O–H groups in total. The van der Waals surface area contributed by atoms with Crippen molar-refractivity contribution in [3.8, 4) is 0 Å². The van der Waals surface area contributed by atoms with Gasteiger partial charge >= 0.3 is 6.09 Å². The summed E-state index contributed by atoms with van der Waals surface area (Å²) in [6.07, 6.45) is 1.56. The molecule has 0 unspecified atom stereocenters. The van der Waals surface area contributed by atoms with Crippen molar-refractivity contribution >= 4 is 12.0 Å². The lowest BCUT2D eigenvalue weighted by atomic mass is 10.1. The highest BCUT2D eigenvalue weighted by Crippen LogP contribution is 2.16. The van der Waals surface area contributed by atoms with Gasteiger partial charge in [-0.1, -0.05) is 30.3 Å². The lowest BCUT2D eigenvalue weighted by Gasteiger charge is -2.39. The van der Waals surface area contributed by atoms with E-state index in [0.29, 0.717) is 25.3 Å². The predicted octanol–water partition coefficient (Wildman–Crippen LogP) is 2.89. The van der Waals surface area contributed by atoms with Crippen LogP contribution in [0.15, 0.2) is 48.7 Å². The topological polar surface area (TPSA) is 63.6 Å². The second-order valence-corrected chi connectivity index (χ2v) is 7.56. The van der Waals surface area contributed by atoms with Crippen LogP contribution in [0.5, 0.6) is 0 Å². The predicted molar refractivity (Wildman–Crippen MR) is 99.0 cm³/mol. The SMILES string of the molecule is CC(C)(C)OC(=O)N1CC(NC(=O)c2cccn2Cc2ccccc2)C1. The van der Waals surface area contributed by atoms with Crippen molar-refractivity contribution in [3.05, 3.63) is 59.9 Å². The van der Waals surface area contributed by atoms with Crippen molar-refractivity contribution in [3.63, 3.8) is 0 Å². The van der Waals surface area contributed by atoms with Gasteiger partial charge in [0.05, 0.1) is 6.04 Å². The van der Waals surface area contributed by atoms with Crippen LogP contribution in [0.1, 0.15) is 36.8 Å². The first-order chi connectivity index (χ1) is 12.3.